The van der Waals surface area contributed by atoms with Gasteiger partial charge in [-0.2, -0.15) is 0 Å². The molecule has 0 heterocycles. The van der Waals surface area contributed by atoms with Crippen molar-refractivity contribution >= 4 is 17.7 Å². The van der Waals surface area contributed by atoms with Crippen LogP contribution < -0.4 is 0 Å². The summed E-state index contributed by atoms with van der Waals surface area (Å²) in [4.78, 5) is 11.6. The summed E-state index contributed by atoms with van der Waals surface area (Å²) in [5.41, 5.74) is 0. The molecule has 18 heavy (non-hydrogen) atoms. The molecule has 0 spiro atoms. The van der Waals surface area contributed by atoms with Crippen LogP contribution in [-0.4, -0.2) is 24.1 Å². The summed E-state index contributed by atoms with van der Waals surface area (Å²) in [6, 6.07) is 0. The van der Waals surface area contributed by atoms with E-state index in [-0.39, 0.29) is 5.12 Å². The molecule has 108 valence electrons. The number of rotatable bonds is 12. The third-order valence-electron chi connectivity index (χ3n) is 2.94. The van der Waals surface area contributed by atoms with E-state index < -0.39 is 5.79 Å². The molecule has 0 aromatic heterocycles. The van der Waals surface area contributed by atoms with Gasteiger partial charge in [0.25, 0.3) is 0 Å². The highest BCUT2D eigenvalue weighted by Crippen LogP contribution is 2.25. The number of carbonyl (C=O) groups is 1. The molecule has 0 bridgehead atoms. The first-order valence-corrected chi connectivity index (χ1v) is 7.59. The van der Waals surface area contributed by atoms with Crippen LogP contribution in [0.4, 0.5) is 0 Å². The molecule has 0 aliphatic heterocycles. The summed E-state index contributed by atoms with van der Waals surface area (Å²) in [5, 5.41) is -0.320. The van der Waals surface area contributed by atoms with Gasteiger partial charge in [-0.1, -0.05) is 51.7 Å². The van der Waals surface area contributed by atoms with Crippen LogP contribution in [0.1, 0.15) is 65.7 Å². The number of thiol groups is 1. The Labute approximate surface area is 117 Å². The highest BCUT2D eigenvalue weighted by molar-refractivity contribution is 7.96. The maximum atomic E-state index is 11.6. The van der Waals surface area contributed by atoms with Crippen molar-refractivity contribution in [1.29, 1.82) is 0 Å². The molecule has 0 aromatic carbocycles. The van der Waals surface area contributed by atoms with Gasteiger partial charge in [0.05, 0.1) is 0 Å². The van der Waals surface area contributed by atoms with Crippen molar-refractivity contribution < 1.29 is 14.3 Å². The molecular weight excluding hydrogens is 248 g/mol. The third-order valence-corrected chi connectivity index (χ3v) is 3.28. The maximum Gasteiger partial charge on any atom is 0.245 e. The van der Waals surface area contributed by atoms with Crippen LogP contribution in [0.5, 0.6) is 0 Å². The molecule has 0 fully saturated rings. The number of hydrogen-bond donors (Lipinski definition) is 1. The van der Waals surface area contributed by atoms with Crippen LogP contribution in [0.25, 0.3) is 0 Å². The van der Waals surface area contributed by atoms with E-state index >= 15 is 0 Å². The van der Waals surface area contributed by atoms with Gasteiger partial charge in [0.15, 0.2) is 0 Å². The maximum absolute atomic E-state index is 11.6. The minimum absolute atomic E-state index is 0.320. The zero-order valence-electron chi connectivity index (χ0n) is 12.0. The Kier molecular flexibility index (Phi) is 10.8. The lowest BCUT2D eigenvalue weighted by Crippen LogP contribution is -2.42. The molecule has 0 N–H and O–H groups in total. The average Bonchev–Trinajstić information content (AvgIpc) is 2.33. The molecule has 0 aromatic rings. The van der Waals surface area contributed by atoms with E-state index in [2.05, 4.69) is 19.6 Å². The summed E-state index contributed by atoms with van der Waals surface area (Å²) in [7, 11) is 0. The molecule has 0 radical (unpaired) electrons. The van der Waals surface area contributed by atoms with E-state index in [1.165, 1.54) is 25.7 Å². The standard InChI is InChI=1S/C14H28O3S/c1-4-7-8-9-10-11-12-14(13(15)18,16-5-2)17-6-3/h4-12H2,1-3H3,(H,15,18). The lowest BCUT2D eigenvalue weighted by Gasteiger charge is -2.30. The fourth-order valence-corrected chi connectivity index (χ4v) is 2.26. The first-order valence-electron chi connectivity index (χ1n) is 7.14. The first-order chi connectivity index (χ1) is 8.63. The van der Waals surface area contributed by atoms with E-state index in [0.717, 1.165) is 12.8 Å². The zero-order valence-corrected chi connectivity index (χ0v) is 12.9. The predicted molar refractivity (Wildman–Crippen MR) is 78.0 cm³/mol. The Morgan fingerprint density at radius 1 is 0.944 bits per heavy atom. The van der Waals surface area contributed by atoms with Crippen molar-refractivity contribution in [3.8, 4) is 0 Å². The van der Waals surface area contributed by atoms with E-state index in [0.29, 0.717) is 19.6 Å². The molecule has 0 unspecified atom stereocenters. The topological polar surface area (TPSA) is 35.5 Å². The highest BCUT2D eigenvalue weighted by Gasteiger charge is 2.37. The van der Waals surface area contributed by atoms with Gasteiger partial charge in [0.1, 0.15) is 0 Å². The second-order valence-corrected chi connectivity index (χ2v) is 4.85. The van der Waals surface area contributed by atoms with Crippen LogP contribution in [0, 0.1) is 0 Å². The van der Waals surface area contributed by atoms with Crippen molar-refractivity contribution in [3.63, 3.8) is 0 Å². The molecular formula is C14H28O3S. The van der Waals surface area contributed by atoms with Gasteiger partial charge in [-0.25, -0.2) is 0 Å². The van der Waals surface area contributed by atoms with Gasteiger partial charge < -0.3 is 9.47 Å². The monoisotopic (exact) mass is 276 g/mol. The van der Waals surface area contributed by atoms with Crippen molar-refractivity contribution in [2.75, 3.05) is 13.2 Å². The fourth-order valence-electron chi connectivity index (χ4n) is 2.02. The number of ether oxygens (including phenoxy) is 2. The molecule has 0 rings (SSSR count). The Balaban J connectivity index is 4.10. The van der Waals surface area contributed by atoms with Gasteiger partial charge in [-0.05, 0) is 20.3 Å². The predicted octanol–water partition coefficient (Wildman–Crippen LogP) is 3.96. The molecule has 0 amide bonds. The summed E-state index contributed by atoms with van der Waals surface area (Å²) < 4.78 is 11.0. The van der Waals surface area contributed by atoms with Crippen LogP contribution in [-0.2, 0) is 14.3 Å². The largest absolute Gasteiger partial charge is 0.343 e. The lowest BCUT2D eigenvalue weighted by atomic mass is 10.1. The van der Waals surface area contributed by atoms with Crippen LogP contribution in [0.15, 0.2) is 0 Å². The Morgan fingerprint density at radius 3 is 1.89 bits per heavy atom. The minimum atomic E-state index is -1.13. The normalized spacial score (nSPS) is 11.8. The Morgan fingerprint density at radius 2 is 1.44 bits per heavy atom. The number of hydrogen-bond acceptors (Lipinski definition) is 3. The van der Waals surface area contributed by atoms with Gasteiger partial charge in [0.2, 0.25) is 10.9 Å². The molecule has 0 saturated heterocycles. The Bertz CT molecular complexity index is 213. The quantitative estimate of drug-likeness (QED) is 0.333. The molecule has 0 aliphatic rings. The second-order valence-electron chi connectivity index (χ2n) is 4.44. The summed E-state index contributed by atoms with van der Waals surface area (Å²) >= 11 is 3.92. The van der Waals surface area contributed by atoms with E-state index in [1.54, 1.807) is 0 Å². The number of carbonyl (C=O) groups excluding carboxylic acids is 1. The van der Waals surface area contributed by atoms with Gasteiger partial charge in [-0.15, -0.1) is 0 Å². The lowest BCUT2D eigenvalue weighted by molar-refractivity contribution is -0.221. The van der Waals surface area contributed by atoms with Gasteiger partial charge >= 0.3 is 0 Å². The van der Waals surface area contributed by atoms with Crippen LogP contribution in [0.2, 0.25) is 0 Å². The van der Waals surface area contributed by atoms with Crippen LogP contribution in [0.3, 0.4) is 0 Å². The van der Waals surface area contributed by atoms with Crippen LogP contribution >= 0.6 is 12.6 Å². The van der Waals surface area contributed by atoms with E-state index in [1.807, 2.05) is 13.8 Å². The van der Waals surface area contributed by atoms with E-state index in [4.69, 9.17) is 9.47 Å². The SMILES string of the molecule is CCCCCCCCC(OCC)(OCC)C(=O)S. The summed E-state index contributed by atoms with van der Waals surface area (Å²) in [6.45, 7) is 6.86. The summed E-state index contributed by atoms with van der Waals surface area (Å²) in [5.74, 6) is -1.13. The third kappa shape index (κ3) is 6.76. The molecule has 3 nitrogen and oxygen atoms in total. The second kappa shape index (κ2) is 10.8. The van der Waals surface area contributed by atoms with Crippen molar-refractivity contribution in [2.45, 2.75) is 71.5 Å². The van der Waals surface area contributed by atoms with Crippen molar-refractivity contribution in [3.05, 3.63) is 0 Å². The van der Waals surface area contributed by atoms with Crippen molar-refractivity contribution in [2.24, 2.45) is 0 Å². The fraction of sp³-hybridized carbons (Fsp3) is 0.929. The molecule has 4 heteroatoms. The first kappa shape index (κ1) is 17.9. The molecule has 0 atom stereocenters. The summed E-state index contributed by atoms with van der Waals surface area (Å²) in [6.07, 6.45) is 7.66. The smallest absolute Gasteiger partial charge is 0.245 e. The number of unbranched alkanes of at least 4 members (excludes halogenated alkanes) is 5. The van der Waals surface area contributed by atoms with Gasteiger partial charge in [0, 0.05) is 19.6 Å². The van der Waals surface area contributed by atoms with E-state index in [9.17, 15) is 4.79 Å². The Hall–Kier alpha value is -0.0600. The highest BCUT2D eigenvalue weighted by atomic mass is 32.1. The zero-order chi connectivity index (χ0) is 13.9. The average molecular weight is 276 g/mol. The molecule has 0 aliphatic carbocycles. The molecule has 0 saturated carbocycles. The van der Waals surface area contributed by atoms with Crippen molar-refractivity contribution in [1.82, 2.24) is 0 Å². The minimum Gasteiger partial charge on any atom is -0.343 e. The van der Waals surface area contributed by atoms with Gasteiger partial charge in [-0.3, -0.25) is 4.79 Å².